The van der Waals surface area contributed by atoms with Crippen LogP contribution >= 0.6 is 0 Å². The molecule has 118 valence electrons. The molecule has 0 amide bonds. The predicted molar refractivity (Wildman–Crippen MR) is 84.3 cm³/mol. The van der Waals surface area contributed by atoms with E-state index in [0.717, 1.165) is 18.8 Å². The van der Waals surface area contributed by atoms with E-state index in [1.165, 1.54) is 11.3 Å². The Hall–Kier alpha value is -1.30. The van der Waals surface area contributed by atoms with Gasteiger partial charge in [0.05, 0.1) is 7.11 Å². The maximum absolute atomic E-state index is 5.55. The minimum absolute atomic E-state index is 0.0962. The van der Waals surface area contributed by atoms with E-state index in [1.807, 2.05) is 19.2 Å². The van der Waals surface area contributed by atoms with E-state index >= 15 is 0 Å². The van der Waals surface area contributed by atoms with Crippen molar-refractivity contribution in [2.45, 2.75) is 25.2 Å². The zero-order chi connectivity index (χ0) is 15.4. The van der Waals surface area contributed by atoms with Crippen LogP contribution in [0.25, 0.3) is 0 Å². The average molecular weight is 294 g/mol. The van der Waals surface area contributed by atoms with E-state index in [2.05, 4.69) is 23.2 Å². The van der Waals surface area contributed by atoms with E-state index < -0.39 is 0 Å². The molecule has 0 bridgehead atoms. The molecule has 5 heteroatoms. The lowest BCUT2D eigenvalue weighted by Gasteiger charge is -2.26. The van der Waals surface area contributed by atoms with E-state index in [9.17, 15) is 0 Å². The summed E-state index contributed by atoms with van der Waals surface area (Å²) in [6.45, 7) is 3.79. The summed E-state index contributed by atoms with van der Waals surface area (Å²) in [5.74, 6) is 0.907. The van der Waals surface area contributed by atoms with Crippen molar-refractivity contribution in [1.82, 2.24) is 5.32 Å². The Labute approximate surface area is 127 Å². The highest BCUT2D eigenvalue weighted by Crippen LogP contribution is 2.36. The lowest BCUT2D eigenvalue weighted by atomic mass is 10.0. The molecule has 0 aliphatic carbocycles. The minimum Gasteiger partial charge on any atom is -0.496 e. The third kappa shape index (κ3) is 3.15. The molecule has 1 N–H and O–H groups in total. The number of nitrogens with one attached hydrogen (secondary N) is 1. The largest absolute Gasteiger partial charge is 0.496 e. The van der Waals surface area contributed by atoms with Crippen LogP contribution in [-0.4, -0.2) is 53.7 Å². The highest BCUT2D eigenvalue weighted by atomic mass is 16.5. The average Bonchev–Trinajstić information content (AvgIpc) is 2.96. The summed E-state index contributed by atoms with van der Waals surface area (Å²) in [6.07, 6.45) is 0.192. The van der Waals surface area contributed by atoms with Crippen LogP contribution in [0.15, 0.2) is 18.2 Å². The van der Waals surface area contributed by atoms with Crippen molar-refractivity contribution in [3.63, 3.8) is 0 Å². The fraction of sp³-hybridized carbons (Fsp3) is 0.625. The van der Waals surface area contributed by atoms with Crippen molar-refractivity contribution in [3.05, 3.63) is 23.8 Å². The molecule has 0 spiro atoms. The van der Waals surface area contributed by atoms with Crippen molar-refractivity contribution in [3.8, 4) is 5.75 Å². The second-order valence-corrected chi connectivity index (χ2v) is 5.36. The molecule has 1 aromatic carbocycles. The summed E-state index contributed by atoms with van der Waals surface area (Å²) in [5, 5.41) is 3.30. The second kappa shape index (κ2) is 7.11. The number of methoxy groups -OCH3 is 3. The molecule has 0 saturated carbocycles. The first-order valence-corrected chi connectivity index (χ1v) is 7.30. The van der Waals surface area contributed by atoms with Crippen molar-refractivity contribution in [1.29, 1.82) is 0 Å². The number of hydrogen-bond donors (Lipinski definition) is 1. The predicted octanol–water partition coefficient (Wildman–Crippen LogP) is 1.83. The molecule has 0 aromatic heterocycles. The zero-order valence-corrected chi connectivity index (χ0v) is 13.6. The van der Waals surface area contributed by atoms with Gasteiger partial charge in [0, 0.05) is 44.6 Å². The van der Waals surface area contributed by atoms with E-state index in [0.29, 0.717) is 0 Å². The first-order chi connectivity index (χ1) is 10.2. The van der Waals surface area contributed by atoms with Crippen LogP contribution in [0.3, 0.4) is 0 Å². The Morgan fingerprint density at radius 3 is 2.24 bits per heavy atom. The first kappa shape index (κ1) is 16.1. The van der Waals surface area contributed by atoms with E-state index in [-0.39, 0.29) is 18.2 Å². The van der Waals surface area contributed by atoms with Crippen LogP contribution in [0.5, 0.6) is 5.75 Å². The lowest BCUT2D eigenvalue weighted by molar-refractivity contribution is -0.00461. The molecule has 1 fully saturated rings. The van der Waals surface area contributed by atoms with Gasteiger partial charge < -0.3 is 24.4 Å². The summed E-state index contributed by atoms with van der Waals surface area (Å²) >= 11 is 0. The molecule has 0 radical (unpaired) electrons. The molecule has 1 aliphatic rings. The Kier molecular flexibility index (Phi) is 5.45. The molecule has 1 aromatic rings. The molecule has 1 saturated heterocycles. The number of benzene rings is 1. The molecule has 2 rings (SSSR count). The van der Waals surface area contributed by atoms with Gasteiger partial charge in [-0.05, 0) is 26.1 Å². The van der Waals surface area contributed by atoms with Gasteiger partial charge in [0.15, 0.2) is 0 Å². The molecule has 3 unspecified atom stereocenters. The van der Waals surface area contributed by atoms with Gasteiger partial charge in [-0.25, -0.2) is 0 Å². The Balaban J connectivity index is 2.36. The summed E-state index contributed by atoms with van der Waals surface area (Å²) in [4.78, 5) is 2.31. The normalized spacial score (nSPS) is 23.4. The Morgan fingerprint density at radius 1 is 1.14 bits per heavy atom. The summed E-state index contributed by atoms with van der Waals surface area (Å²) < 4.78 is 16.6. The van der Waals surface area contributed by atoms with Crippen LogP contribution in [0, 0.1) is 0 Å². The van der Waals surface area contributed by atoms with Crippen LogP contribution in [-0.2, 0) is 9.47 Å². The smallest absolute Gasteiger partial charge is 0.125 e. The van der Waals surface area contributed by atoms with E-state index in [1.54, 1.807) is 21.3 Å². The van der Waals surface area contributed by atoms with Crippen LogP contribution in [0.2, 0.25) is 0 Å². The topological polar surface area (TPSA) is 43.0 Å². The third-order valence-electron chi connectivity index (χ3n) is 4.29. The lowest BCUT2D eigenvalue weighted by Crippen LogP contribution is -2.27. The third-order valence-corrected chi connectivity index (χ3v) is 4.29. The highest BCUT2D eigenvalue weighted by molar-refractivity contribution is 5.61. The standard InChI is InChI=1S/C16H26N2O3/c1-11(17-2)16-12(7-6-8-13(16)19-3)18-9-14(20-4)15(10-18)21-5/h6-8,11,14-15,17H,9-10H2,1-5H3. The summed E-state index contributed by atoms with van der Waals surface area (Å²) in [6, 6.07) is 6.38. The summed E-state index contributed by atoms with van der Waals surface area (Å²) in [5.41, 5.74) is 2.35. The van der Waals surface area contributed by atoms with Crippen molar-refractivity contribution >= 4 is 5.69 Å². The molecule has 5 nitrogen and oxygen atoms in total. The van der Waals surface area contributed by atoms with Gasteiger partial charge in [0.2, 0.25) is 0 Å². The molecule has 1 heterocycles. The van der Waals surface area contributed by atoms with Gasteiger partial charge >= 0.3 is 0 Å². The molecule has 21 heavy (non-hydrogen) atoms. The van der Waals surface area contributed by atoms with Gasteiger partial charge in [0.25, 0.3) is 0 Å². The maximum Gasteiger partial charge on any atom is 0.125 e. The molecule has 1 aliphatic heterocycles. The molecular formula is C16H26N2O3. The number of hydrogen-bond acceptors (Lipinski definition) is 5. The number of rotatable bonds is 6. The van der Waals surface area contributed by atoms with Gasteiger partial charge in [-0.1, -0.05) is 6.07 Å². The number of ether oxygens (including phenoxy) is 3. The monoisotopic (exact) mass is 294 g/mol. The molecule has 3 atom stereocenters. The zero-order valence-electron chi connectivity index (χ0n) is 13.6. The fourth-order valence-electron chi connectivity index (χ4n) is 2.96. The Morgan fingerprint density at radius 2 is 1.76 bits per heavy atom. The van der Waals surface area contributed by atoms with Gasteiger partial charge in [-0.3, -0.25) is 0 Å². The van der Waals surface area contributed by atoms with Crippen molar-refractivity contribution in [2.24, 2.45) is 0 Å². The SMILES string of the molecule is CNC(C)c1c(OC)cccc1N1CC(OC)C(OC)C1. The first-order valence-electron chi connectivity index (χ1n) is 7.30. The van der Waals surface area contributed by atoms with Crippen molar-refractivity contribution < 1.29 is 14.2 Å². The number of anilines is 1. The number of nitrogens with zero attached hydrogens (tertiary/aromatic N) is 1. The van der Waals surface area contributed by atoms with Crippen LogP contribution in [0.4, 0.5) is 5.69 Å². The van der Waals surface area contributed by atoms with Gasteiger partial charge in [-0.15, -0.1) is 0 Å². The second-order valence-electron chi connectivity index (χ2n) is 5.36. The highest BCUT2D eigenvalue weighted by Gasteiger charge is 2.34. The van der Waals surface area contributed by atoms with Gasteiger partial charge in [-0.2, -0.15) is 0 Å². The maximum atomic E-state index is 5.55. The quantitative estimate of drug-likeness (QED) is 0.867. The van der Waals surface area contributed by atoms with Gasteiger partial charge in [0.1, 0.15) is 18.0 Å². The van der Waals surface area contributed by atoms with Crippen molar-refractivity contribution in [2.75, 3.05) is 46.4 Å². The minimum atomic E-state index is 0.0962. The Bertz CT molecular complexity index is 455. The fourth-order valence-corrected chi connectivity index (χ4v) is 2.96. The summed E-state index contributed by atoms with van der Waals surface area (Å²) in [7, 11) is 7.15. The van der Waals surface area contributed by atoms with Crippen LogP contribution in [0.1, 0.15) is 18.5 Å². The van der Waals surface area contributed by atoms with E-state index in [4.69, 9.17) is 14.2 Å². The van der Waals surface area contributed by atoms with Crippen LogP contribution < -0.4 is 15.0 Å². The molecular weight excluding hydrogens is 268 g/mol.